The number of ether oxygens (including phenoxy) is 1. The minimum Gasteiger partial charge on any atom is -0.377 e. The van der Waals surface area contributed by atoms with E-state index in [0.717, 1.165) is 42.3 Å². The fourth-order valence-electron chi connectivity index (χ4n) is 3.17. The normalized spacial score (nSPS) is 25.7. The lowest BCUT2D eigenvalue weighted by molar-refractivity contribution is 0.177. The summed E-state index contributed by atoms with van der Waals surface area (Å²) in [5, 5.41) is 0. The molecule has 1 aliphatic heterocycles. The topological polar surface area (TPSA) is 38.2 Å². The Balaban J connectivity index is 1.79. The first-order chi connectivity index (χ1) is 9.26. The lowest BCUT2D eigenvalue weighted by Crippen LogP contribution is -2.22. The fraction of sp³-hybridized carbons (Fsp3) is 0.600. The van der Waals surface area contributed by atoms with Crippen molar-refractivity contribution in [3.05, 3.63) is 29.7 Å². The van der Waals surface area contributed by atoms with Crippen molar-refractivity contribution in [3.63, 3.8) is 0 Å². The van der Waals surface area contributed by atoms with Gasteiger partial charge in [-0.15, -0.1) is 0 Å². The number of hydrogen-bond acceptors (Lipinski definition) is 4. The van der Waals surface area contributed by atoms with E-state index in [1.807, 2.05) is 6.92 Å². The highest BCUT2D eigenvalue weighted by Crippen LogP contribution is 2.34. The van der Waals surface area contributed by atoms with Crippen LogP contribution in [0.3, 0.4) is 0 Å². The van der Waals surface area contributed by atoms with E-state index >= 15 is 0 Å². The third-order valence-electron chi connectivity index (χ3n) is 4.11. The van der Waals surface area contributed by atoms with Crippen LogP contribution in [-0.2, 0) is 11.3 Å². The number of rotatable bonds is 3. The molecule has 2 heterocycles. The van der Waals surface area contributed by atoms with Crippen molar-refractivity contribution in [2.24, 2.45) is 11.8 Å². The third-order valence-corrected chi connectivity index (χ3v) is 4.11. The molecule has 4 nitrogen and oxygen atoms in total. The Hall–Kier alpha value is -1.42. The first kappa shape index (κ1) is 12.6. The molecular formula is C15H21N3O. The zero-order chi connectivity index (χ0) is 13.2. The SMILES string of the molecule is COCc1nc(C)cc(N2C[C@H]3CC=CC[C@H]3C2)n1. The van der Waals surface area contributed by atoms with E-state index in [2.05, 4.69) is 33.1 Å². The van der Waals surface area contributed by atoms with Gasteiger partial charge in [-0.1, -0.05) is 12.2 Å². The summed E-state index contributed by atoms with van der Waals surface area (Å²) in [7, 11) is 1.68. The summed E-state index contributed by atoms with van der Waals surface area (Å²) >= 11 is 0. The second-order valence-electron chi connectivity index (χ2n) is 5.58. The minimum absolute atomic E-state index is 0.483. The van der Waals surface area contributed by atoms with Crippen LogP contribution in [-0.4, -0.2) is 30.2 Å². The molecule has 2 atom stereocenters. The Morgan fingerprint density at radius 1 is 1.21 bits per heavy atom. The Bertz CT molecular complexity index is 470. The van der Waals surface area contributed by atoms with Crippen LogP contribution >= 0.6 is 0 Å². The maximum absolute atomic E-state index is 5.14. The molecule has 0 bridgehead atoms. The quantitative estimate of drug-likeness (QED) is 0.781. The average Bonchev–Trinajstić information content (AvgIpc) is 2.82. The van der Waals surface area contributed by atoms with Crippen molar-refractivity contribution < 1.29 is 4.74 Å². The van der Waals surface area contributed by atoms with Crippen molar-refractivity contribution in [3.8, 4) is 0 Å². The maximum Gasteiger partial charge on any atom is 0.156 e. The van der Waals surface area contributed by atoms with Crippen LogP contribution in [0.5, 0.6) is 0 Å². The first-order valence-electron chi connectivity index (χ1n) is 6.99. The molecule has 1 aromatic rings. The minimum atomic E-state index is 0.483. The van der Waals surface area contributed by atoms with Crippen molar-refractivity contribution in [2.45, 2.75) is 26.4 Å². The number of anilines is 1. The molecule has 1 aromatic heterocycles. The number of fused-ring (bicyclic) bond motifs is 1. The van der Waals surface area contributed by atoms with Crippen molar-refractivity contribution >= 4 is 5.82 Å². The van der Waals surface area contributed by atoms with E-state index in [1.165, 1.54) is 12.8 Å². The molecule has 3 rings (SSSR count). The highest BCUT2D eigenvalue weighted by Gasteiger charge is 2.33. The molecule has 0 saturated carbocycles. The van der Waals surface area contributed by atoms with E-state index in [1.54, 1.807) is 7.11 Å². The summed E-state index contributed by atoms with van der Waals surface area (Å²) < 4.78 is 5.14. The van der Waals surface area contributed by atoms with Crippen LogP contribution in [0.4, 0.5) is 5.82 Å². The molecule has 0 unspecified atom stereocenters. The largest absolute Gasteiger partial charge is 0.377 e. The van der Waals surface area contributed by atoms with Gasteiger partial charge in [0.2, 0.25) is 0 Å². The zero-order valence-electron chi connectivity index (χ0n) is 11.7. The van der Waals surface area contributed by atoms with Crippen LogP contribution in [0.1, 0.15) is 24.4 Å². The van der Waals surface area contributed by atoms with Gasteiger partial charge in [-0.3, -0.25) is 0 Å². The predicted molar refractivity (Wildman–Crippen MR) is 75.0 cm³/mol. The lowest BCUT2D eigenvalue weighted by Gasteiger charge is -2.18. The third kappa shape index (κ3) is 2.63. The van der Waals surface area contributed by atoms with Gasteiger partial charge in [-0.25, -0.2) is 9.97 Å². The molecular weight excluding hydrogens is 238 g/mol. The summed E-state index contributed by atoms with van der Waals surface area (Å²) in [6, 6.07) is 2.09. The van der Waals surface area contributed by atoms with Gasteiger partial charge in [-0.2, -0.15) is 0 Å². The maximum atomic E-state index is 5.14. The van der Waals surface area contributed by atoms with Crippen molar-refractivity contribution in [1.82, 2.24) is 9.97 Å². The van der Waals surface area contributed by atoms with Crippen LogP contribution in [0.15, 0.2) is 18.2 Å². The monoisotopic (exact) mass is 259 g/mol. The number of methoxy groups -OCH3 is 1. The average molecular weight is 259 g/mol. The van der Waals surface area contributed by atoms with E-state index in [-0.39, 0.29) is 0 Å². The summed E-state index contributed by atoms with van der Waals surface area (Å²) in [5.74, 6) is 3.44. The van der Waals surface area contributed by atoms with Crippen LogP contribution in [0.25, 0.3) is 0 Å². The highest BCUT2D eigenvalue weighted by atomic mass is 16.5. The van der Waals surface area contributed by atoms with E-state index in [4.69, 9.17) is 4.74 Å². The lowest BCUT2D eigenvalue weighted by atomic mass is 9.86. The summed E-state index contributed by atoms with van der Waals surface area (Å²) in [5.41, 5.74) is 1.02. The van der Waals surface area contributed by atoms with Gasteiger partial charge >= 0.3 is 0 Å². The fourth-order valence-corrected chi connectivity index (χ4v) is 3.17. The van der Waals surface area contributed by atoms with Gasteiger partial charge < -0.3 is 9.64 Å². The van der Waals surface area contributed by atoms with Crippen LogP contribution in [0.2, 0.25) is 0 Å². The molecule has 2 aliphatic rings. The van der Waals surface area contributed by atoms with Gasteiger partial charge in [0.15, 0.2) is 5.82 Å². The van der Waals surface area contributed by atoms with Crippen molar-refractivity contribution in [2.75, 3.05) is 25.1 Å². The van der Waals surface area contributed by atoms with Gasteiger partial charge in [0.1, 0.15) is 12.4 Å². The molecule has 4 heteroatoms. The van der Waals surface area contributed by atoms with Crippen LogP contribution < -0.4 is 4.90 Å². The van der Waals surface area contributed by atoms with Gasteiger partial charge in [-0.05, 0) is 31.6 Å². The molecule has 19 heavy (non-hydrogen) atoms. The summed E-state index contributed by atoms with van der Waals surface area (Å²) in [4.78, 5) is 11.5. The second-order valence-corrected chi connectivity index (χ2v) is 5.58. The van der Waals surface area contributed by atoms with Crippen LogP contribution in [0, 0.1) is 18.8 Å². The Labute approximate surface area is 114 Å². The van der Waals surface area contributed by atoms with Gasteiger partial charge in [0, 0.05) is 32.0 Å². The number of nitrogens with zero attached hydrogens (tertiary/aromatic N) is 3. The van der Waals surface area contributed by atoms with E-state index < -0.39 is 0 Å². The smallest absolute Gasteiger partial charge is 0.156 e. The number of hydrogen-bond donors (Lipinski definition) is 0. The summed E-state index contributed by atoms with van der Waals surface area (Å²) in [6.45, 7) is 4.75. The second kappa shape index (κ2) is 5.29. The predicted octanol–water partition coefficient (Wildman–Crippen LogP) is 2.33. The molecule has 1 fully saturated rings. The van der Waals surface area contributed by atoms with Crippen molar-refractivity contribution in [1.29, 1.82) is 0 Å². The molecule has 1 aliphatic carbocycles. The Kier molecular flexibility index (Phi) is 3.51. The van der Waals surface area contributed by atoms with E-state index in [0.29, 0.717) is 6.61 Å². The Morgan fingerprint density at radius 2 is 1.89 bits per heavy atom. The number of allylic oxidation sites excluding steroid dienone is 2. The van der Waals surface area contributed by atoms with Gasteiger partial charge in [0.25, 0.3) is 0 Å². The molecule has 0 amide bonds. The molecule has 1 saturated heterocycles. The molecule has 0 spiro atoms. The van der Waals surface area contributed by atoms with Gasteiger partial charge in [0.05, 0.1) is 0 Å². The molecule has 0 radical (unpaired) electrons. The summed E-state index contributed by atoms with van der Waals surface area (Å²) in [6.07, 6.45) is 7.09. The highest BCUT2D eigenvalue weighted by molar-refractivity contribution is 5.41. The molecule has 0 N–H and O–H groups in total. The standard InChI is InChI=1S/C15H21N3O/c1-11-7-15(17-14(16-11)10-19-2)18-8-12-5-3-4-6-13(12)9-18/h3-4,7,12-13H,5-6,8-10H2,1-2H3/t12-,13+. The Morgan fingerprint density at radius 3 is 2.53 bits per heavy atom. The number of aryl methyl sites for hydroxylation is 1. The molecule has 102 valence electrons. The number of aromatic nitrogens is 2. The first-order valence-corrected chi connectivity index (χ1v) is 6.99. The molecule has 0 aromatic carbocycles. The zero-order valence-corrected chi connectivity index (χ0v) is 11.7. The van der Waals surface area contributed by atoms with E-state index in [9.17, 15) is 0 Å².